The molecule has 0 aliphatic carbocycles. The van der Waals surface area contributed by atoms with Gasteiger partial charge in [-0.1, -0.05) is 213 Å². The van der Waals surface area contributed by atoms with E-state index in [1.165, 1.54) is 137 Å². The zero-order chi connectivity index (χ0) is 52.5. The van der Waals surface area contributed by atoms with Crippen molar-refractivity contribution in [3.05, 3.63) is 235 Å². The topological polar surface area (TPSA) is 6.48 Å². The van der Waals surface area contributed by atoms with Gasteiger partial charge in [0.25, 0.3) is 6.71 Å². The molecule has 0 radical (unpaired) electrons. The molecule has 0 saturated carbocycles. The number of fused-ring (bicyclic) bond motifs is 12. The van der Waals surface area contributed by atoms with Gasteiger partial charge in [0.05, 0.1) is 11.4 Å². The van der Waals surface area contributed by atoms with Gasteiger partial charge in [0, 0.05) is 43.2 Å². The zero-order valence-electron chi connectivity index (χ0n) is 45.2. The second kappa shape index (κ2) is 17.7. The minimum Gasteiger partial charge on any atom is -0.311 e. The van der Waals surface area contributed by atoms with Gasteiger partial charge in [-0.05, 0) is 165 Å². The molecule has 12 aromatic rings. The molecule has 11 aromatic carbocycles. The van der Waals surface area contributed by atoms with E-state index in [0.29, 0.717) is 5.92 Å². The summed E-state index contributed by atoms with van der Waals surface area (Å²) in [6, 6.07) is 83.2. The van der Waals surface area contributed by atoms with E-state index in [1.807, 2.05) is 11.3 Å². The lowest BCUT2D eigenvalue weighted by Gasteiger charge is -2.44. The number of rotatable bonds is 6. The molecule has 2 nitrogen and oxygen atoms in total. The third-order valence-electron chi connectivity index (χ3n) is 16.7. The molecule has 0 N–H and O–H groups in total. The molecule has 0 unspecified atom stereocenters. The highest BCUT2D eigenvalue weighted by atomic mass is 32.1. The van der Waals surface area contributed by atoms with Crippen LogP contribution >= 0.6 is 11.3 Å². The number of anilines is 6. The summed E-state index contributed by atoms with van der Waals surface area (Å²) in [6.45, 7) is 18.7. The van der Waals surface area contributed by atoms with E-state index in [-0.39, 0.29) is 17.5 Å². The van der Waals surface area contributed by atoms with Crippen LogP contribution in [-0.4, -0.2) is 6.71 Å². The Morgan fingerprint density at radius 2 is 0.961 bits per heavy atom. The molecule has 77 heavy (non-hydrogen) atoms. The largest absolute Gasteiger partial charge is 0.311 e. The minimum absolute atomic E-state index is 0.00249. The molecule has 3 heterocycles. The number of hydrogen-bond acceptors (Lipinski definition) is 3. The molecule has 0 saturated heterocycles. The van der Waals surface area contributed by atoms with Crippen molar-refractivity contribution >= 4 is 110 Å². The molecule has 14 rings (SSSR count). The summed E-state index contributed by atoms with van der Waals surface area (Å²) >= 11 is 1.98. The Labute approximate surface area is 458 Å². The smallest absolute Gasteiger partial charge is 0.264 e. The summed E-state index contributed by atoms with van der Waals surface area (Å²) in [7, 11) is 0. The number of nitrogens with zero attached hydrogens (tertiary/aromatic N) is 2. The Balaban J connectivity index is 1.06. The Bertz CT molecular complexity index is 4310. The van der Waals surface area contributed by atoms with Gasteiger partial charge in [-0.2, -0.15) is 0 Å². The standard InChI is InChI=1S/C73H61BN2S/c1-45(2)48-31-37-65-63(41-48)74-69-66(75(70-62-43-51(73(6,7)8)33-39-68(62)77-71(70)74)52-34-36-53(46-20-11-9-12-21-46)59(44-52)47-22-13-10-14-23-47)28-19-29-67(69)76(65)64-38-32-50(72(3,4)5)42-60(64)49-30-35-58-56-26-16-15-24-54(56)55-25-17-18-27-57(55)61(58)40-49/h9-45H,1-8H3. The van der Waals surface area contributed by atoms with Crippen LogP contribution in [0.2, 0.25) is 0 Å². The van der Waals surface area contributed by atoms with Crippen LogP contribution in [0.1, 0.15) is 78.0 Å². The first-order valence-electron chi connectivity index (χ1n) is 27.5. The lowest BCUT2D eigenvalue weighted by Crippen LogP contribution is -2.60. The average Bonchev–Trinajstić information content (AvgIpc) is 3.93. The predicted molar refractivity (Wildman–Crippen MR) is 336 cm³/mol. The zero-order valence-corrected chi connectivity index (χ0v) is 46.1. The minimum atomic E-state index is -0.0738. The van der Waals surface area contributed by atoms with Gasteiger partial charge in [-0.25, -0.2) is 0 Å². The van der Waals surface area contributed by atoms with Gasteiger partial charge >= 0.3 is 0 Å². The van der Waals surface area contributed by atoms with Crippen molar-refractivity contribution in [3.8, 4) is 33.4 Å². The van der Waals surface area contributed by atoms with E-state index in [0.717, 1.165) is 5.69 Å². The van der Waals surface area contributed by atoms with Crippen molar-refractivity contribution in [2.24, 2.45) is 0 Å². The molecule has 2 aliphatic heterocycles. The molecule has 2 aliphatic rings. The van der Waals surface area contributed by atoms with E-state index in [1.54, 1.807) is 0 Å². The van der Waals surface area contributed by atoms with Crippen LogP contribution in [0.15, 0.2) is 218 Å². The van der Waals surface area contributed by atoms with Gasteiger partial charge < -0.3 is 9.80 Å². The fourth-order valence-corrected chi connectivity index (χ4v) is 14.0. The molecule has 0 amide bonds. The van der Waals surface area contributed by atoms with Crippen molar-refractivity contribution in [1.82, 2.24) is 0 Å². The summed E-state index contributed by atoms with van der Waals surface area (Å²) < 4.78 is 2.70. The molecule has 0 atom stereocenters. The van der Waals surface area contributed by atoms with E-state index < -0.39 is 0 Å². The number of benzene rings is 11. The van der Waals surface area contributed by atoms with Gasteiger partial charge in [-0.15, -0.1) is 11.3 Å². The fraction of sp³-hybridized carbons (Fsp3) is 0.151. The maximum atomic E-state index is 2.63. The third-order valence-corrected chi connectivity index (χ3v) is 18.0. The predicted octanol–water partition coefficient (Wildman–Crippen LogP) is 19.2. The molecule has 0 bridgehead atoms. The van der Waals surface area contributed by atoms with Gasteiger partial charge in [0.2, 0.25) is 0 Å². The SMILES string of the molecule is CC(C)c1ccc2c(c1)B1c3sc4ccc(C(C)(C)C)cc4c3N(c3ccc(-c4ccccc4)c(-c4ccccc4)c3)c3cccc(c31)N2c1ccc(C(C)(C)C)cc1-c1ccc2c3ccccc3c3ccccc3c2c1. The van der Waals surface area contributed by atoms with Crippen molar-refractivity contribution in [2.45, 2.75) is 72.1 Å². The molecule has 0 fully saturated rings. The molecular formula is C73H61BN2S. The monoisotopic (exact) mass is 1010 g/mol. The Morgan fingerprint density at radius 3 is 1.61 bits per heavy atom. The first kappa shape index (κ1) is 47.3. The quantitative estimate of drug-likeness (QED) is 0.121. The highest BCUT2D eigenvalue weighted by molar-refractivity contribution is 7.33. The number of hydrogen-bond donors (Lipinski definition) is 0. The lowest BCUT2D eigenvalue weighted by molar-refractivity contribution is 0.590. The van der Waals surface area contributed by atoms with Crippen molar-refractivity contribution in [2.75, 3.05) is 9.80 Å². The van der Waals surface area contributed by atoms with Crippen LogP contribution in [0.5, 0.6) is 0 Å². The summed E-state index contributed by atoms with van der Waals surface area (Å²) in [5, 5.41) is 9.01. The van der Waals surface area contributed by atoms with Crippen LogP contribution in [-0.2, 0) is 10.8 Å². The average molecular weight is 1010 g/mol. The molecule has 0 spiro atoms. The van der Waals surface area contributed by atoms with Gasteiger partial charge in [-0.3, -0.25) is 0 Å². The molecular weight excluding hydrogens is 948 g/mol. The summed E-state index contributed by atoms with van der Waals surface area (Å²) in [6.07, 6.45) is 0. The first-order valence-corrected chi connectivity index (χ1v) is 28.3. The molecule has 4 heteroatoms. The Kier molecular flexibility index (Phi) is 10.9. The third kappa shape index (κ3) is 7.59. The van der Waals surface area contributed by atoms with Crippen molar-refractivity contribution in [1.29, 1.82) is 0 Å². The second-order valence-electron chi connectivity index (χ2n) is 23.9. The second-order valence-corrected chi connectivity index (χ2v) is 24.9. The van der Waals surface area contributed by atoms with E-state index in [2.05, 4.69) is 284 Å². The Morgan fingerprint density at radius 1 is 0.390 bits per heavy atom. The van der Waals surface area contributed by atoms with E-state index in [9.17, 15) is 0 Å². The van der Waals surface area contributed by atoms with Crippen LogP contribution in [0.4, 0.5) is 34.1 Å². The van der Waals surface area contributed by atoms with Crippen molar-refractivity contribution in [3.63, 3.8) is 0 Å². The lowest BCUT2D eigenvalue weighted by atomic mass is 9.36. The van der Waals surface area contributed by atoms with Crippen molar-refractivity contribution < 1.29 is 0 Å². The summed E-state index contributed by atoms with van der Waals surface area (Å²) in [5.74, 6) is 0.353. The fourth-order valence-electron chi connectivity index (χ4n) is 12.7. The highest BCUT2D eigenvalue weighted by Gasteiger charge is 2.46. The molecule has 1 aromatic heterocycles. The maximum Gasteiger partial charge on any atom is 0.264 e. The maximum absolute atomic E-state index is 2.63. The van der Waals surface area contributed by atoms with E-state index >= 15 is 0 Å². The first-order chi connectivity index (χ1) is 37.3. The number of thiophene rings is 1. The van der Waals surface area contributed by atoms with Crippen LogP contribution in [0, 0.1) is 0 Å². The van der Waals surface area contributed by atoms with Gasteiger partial charge in [0.1, 0.15) is 0 Å². The van der Waals surface area contributed by atoms with E-state index in [4.69, 9.17) is 0 Å². The summed E-state index contributed by atoms with van der Waals surface area (Å²) in [4.78, 5) is 5.26. The Hall–Kier alpha value is -8.18. The molecule has 372 valence electrons. The highest BCUT2D eigenvalue weighted by Crippen LogP contribution is 2.52. The van der Waals surface area contributed by atoms with Crippen LogP contribution < -0.4 is 25.5 Å². The van der Waals surface area contributed by atoms with Crippen LogP contribution in [0.3, 0.4) is 0 Å². The normalized spacial score (nSPS) is 13.2. The van der Waals surface area contributed by atoms with Crippen LogP contribution in [0.25, 0.3) is 75.8 Å². The summed E-state index contributed by atoms with van der Waals surface area (Å²) in [5.41, 5.74) is 21.1. The van der Waals surface area contributed by atoms with Gasteiger partial charge in [0.15, 0.2) is 0 Å².